The number of esters is 1. The van der Waals surface area contributed by atoms with E-state index in [4.69, 9.17) is 9.72 Å². The Kier molecular flexibility index (Phi) is 6.01. The third-order valence-corrected chi connectivity index (χ3v) is 6.45. The summed E-state index contributed by atoms with van der Waals surface area (Å²) in [6.45, 7) is -0.555. The normalized spacial score (nSPS) is 13.6. The number of allylic oxidation sites excluding steroid dienone is 1. The molecule has 34 heavy (non-hydrogen) atoms. The number of nitrogens with zero attached hydrogens (tertiary/aromatic N) is 1. The average Bonchev–Trinajstić information content (AvgIpc) is 3.52. The van der Waals surface area contributed by atoms with E-state index in [1.165, 1.54) is 0 Å². The molecule has 6 nitrogen and oxygen atoms in total. The molecule has 4 aromatic rings. The molecular weight excluding hydrogens is 448 g/mol. The van der Waals surface area contributed by atoms with Crippen molar-refractivity contribution in [2.75, 3.05) is 6.61 Å². The van der Waals surface area contributed by atoms with Gasteiger partial charge in [-0.25, -0.2) is 9.78 Å². The third-order valence-electron chi connectivity index (χ3n) is 5.63. The van der Waals surface area contributed by atoms with E-state index in [-0.39, 0.29) is 0 Å². The number of amides is 2. The van der Waals surface area contributed by atoms with Crippen LogP contribution in [-0.4, -0.2) is 29.4 Å². The first-order valence-electron chi connectivity index (χ1n) is 10.8. The highest BCUT2D eigenvalue weighted by Crippen LogP contribution is 2.38. The molecule has 2 aromatic carbocycles. The first-order chi connectivity index (χ1) is 16.6. The topological polar surface area (TPSA) is 85.4 Å². The molecule has 5 rings (SSSR count). The van der Waals surface area contributed by atoms with E-state index in [9.17, 15) is 14.4 Å². The fourth-order valence-corrected chi connectivity index (χ4v) is 4.77. The molecule has 2 amide bonds. The van der Waals surface area contributed by atoms with Gasteiger partial charge in [0, 0.05) is 15.8 Å². The van der Waals surface area contributed by atoms with Gasteiger partial charge in [0.1, 0.15) is 0 Å². The molecular formula is C27H20N2O4S. The molecule has 1 N–H and O–H groups in total. The minimum absolute atomic E-state index is 0.352. The van der Waals surface area contributed by atoms with Crippen molar-refractivity contribution in [3.8, 4) is 0 Å². The Morgan fingerprint density at radius 2 is 1.76 bits per heavy atom. The summed E-state index contributed by atoms with van der Waals surface area (Å²) in [7, 11) is 0. The summed E-state index contributed by atoms with van der Waals surface area (Å²) in [5.41, 5.74) is 4.16. The van der Waals surface area contributed by atoms with Crippen LogP contribution >= 0.6 is 11.3 Å². The van der Waals surface area contributed by atoms with E-state index in [0.717, 1.165) is 28.1 Å². The van der Waals surface area contributed by atoms with E-state index >= 15 is 0 Å². The second kappa shape index (κ2) is 9.41. The van der Waals surface area contributed by atoms with Crippen LogP contribution in [0.3, 0.4) is 0 Å². The van der Waals surface area contributed by atoms with E-state index < -0.39 is 24.4 Å². The number of aromatic nitrogens is 1. The van der Waals surface area contributed by atoms with Crippen LogP contribution in [0.5, 0.6) is 0 Å². The molecule has 2 heterocycles. The number of thiophene rings is 1. The molecule has 2 aromatic heterocycles. The summed E-state index contributed by atoms with van der Waals surface area (Å²) >= 11 is 1.65. The second-order valence-corrected chi connectivity index (χ2v) is 8.81. The summed E-state index contributed by atoms with van der Waals surface area (Å²) in [6.07, 6.45) is 3.53. The quantitative estimate of drug-likeness (QED) is 0.421. The maximum absolute atomic E-state index is 13.2. The lowest BCUT2D eigenvalue weighted by molar-refractivity contribution is -0.123. The number of para-hydroxylation sites is 1. The maximum Gasteiger partial charge on any atom is 0.339 e. The highest BCUT2D eigenvalue weighted by Gasteiger charge is 2.28. The summed E-state index contributed by atoms with van der Waals surface area (Å²) in [5.74, 6) is -1.83. The van der Waals surface area contributed by atoms with Gasteiger partial charge in [-0.3, -0.25) is 14.9 Å². The van der Waals surface area contributed by atoms with Crippen LogP contribution in [0.4, 0.5) is 0 Å². The molecule has 0 bridgehead atoms. The zero-order chi connectivity index (χ0) is 23.5. The molecule has 0 spiro atoms. The zero-order valence-electron chi connectivity index (χ0n) is 18.1. The highest BCUT2D eigenvalue weighted by atomic mass is 32.1. The molecule has 0 saturated carbocycles. The largest absolute Gasteiger partial charge is 0.452 e. The summed E-state index contributed by atoms with van der Waals surface area (Å²) in [6, 6.07) is 19.8. The van der Waals surface area contributed by atoms with Crippen LogP contribution in [0.15, 0.2) is 72.1 Å². The Morgan fingerprint density at radius 3 is 2.56 bits per heavy atom. The summed E-state index contributed by atoms with van der Waals surface area (Å²) in [4.78, 5) is 43.6. The predicted molar refractivity (Wildman–Crippen MR) is 131 cm³/mol. The number of pyridine rings is 1. The number of carbonyl (C=O) groups is 3. The Labute approximate surface area is 199 Å². The van der Waals surface area contributed by atoms with Gasteiger partial charge >= 0.3 is 5.97 Å². The van der Waals surface area contributed by atoms with Crippen LogP contribution in [0.2, 0.25) is 0 Å². The standard InChI is InChI=1S/C27H20N2O4S/c30-23(29-26(31)17-7-2-1-3-8-17)16-33-27(32)24-20-10-4-5-11-22(20)28-25-18(12-13-21(24)25)15-19-9-6-14-34-19/h1-11,14-15H,12-13,16H2,(H,29,30,31)/b18-15+. The fraction of sp³-hybridized carbons (Fsp3) is 0.111. The van der Waals surface area contributed by atoms with E-state index in [1.54, 1.807) is 41.7 Å². The number of benzene rings is 2. The molecule has 1 aliphatic rings. The van der Waals surface area contributed by atoms with Crippen molar-refractivity contribution in [2.24, 2.45) is 0 Å². The molecule has 1 aliphatic carbocycles. The molecule has 0 saturated heterocycles. The van der Waals surface area contributed by atoms with Crippen molar-refractivity contribution in [1.29, 1.82) is 0 Å². The highest BCUT2D eigenvalue weighted by molar-refractivity contribution is 7.10. The van der Waals surface area contributed by atoms with Gasteiger partial charge in [0.25, 0.3) is 11.8 Å². The third kappa shape index (κ3) is 4.38. The van der Waals surface area contributed by atoms with Gasteiger partial charge in [-0.2, -0.15) is 0 Å². The van der Waals surface area contributed by atoms with Crippen molar-refractivity contribution >= 4 is 51.7 Å². The van der Waals surface area contributed by atoms with Crippen LogP contribution in [0, 0.1) is 0 Å². The lowest BCUT2D eigenvalue weighted by Gasteiger charge is -2.12. The molecule has 0 aliphatic heterocycles. The van der Waals surface area contributed by atoms with Crippen molar-refractivity contribution in [3.05, 3.63) is 99.4 Å². The van der Waals surface area contributed by atoms with Crippen molar-refractivity contribution in [3.63, 3.8) is 0 Å². The minimum atomic E-state index is -0.685. The number of rotatable bonds is 5. The van der Waals surface area contributed by atoms with Gasteiger partial charge in [-0.15, -0.1) is 11.3 Å². The van der Waals surface area contributed by atoms with Crippen LogP contribution in [-0.2, 0) is 16.0 Å². The smallest absolute Gasteiger partial charge is 0.339 e. The lowest BCUT2D eigenvalue weighted by atomic mass is 10.0. The van der Waals surface area contributed by atoms with Gasteiger partial charge in [0.05, 0.1) is 16.8 Å². The number of hydrogen-bond donors (Lipinski definition) is 1. The molecule has 0 radical (unpaired) electrons. The second-order valence-electron chi connectivity index (χ2n) is 7.84. The monoisotopic (exact) mass is 468 g/mol. The molecule has 0 unspecified atom stereocenters. The van der Waals surface area contributed by atoms with E-state index in [2.05, 4.69) is 11.4 Å². The molecule has 0 atom stereocenters. The SMILES string of the molecule is O=C(COC(=O)c1c2c(nc3ccccc13)/C(=C/c1cccs1)CC2)NC(=O)c1ccccc1. The van der Waals surface area contributed by atoms with Gasteiger partial charge in [0.2, 0.25) is 0 Å². The Hall–Kier alpha value is -4.10. The van der Waals surface area contributed by atoms with Crippen molar-refractivity contribution in [1.82, 2.24) is 10.3 Å². The van der Waals surface area contributed by atoms with Crippen LogP contribution < -0.4 is 5.32 Å². The van der Waals surface area contributed by atoms with Crippen LogP contribution in [0.1, 0.15) is 43.3 Å². The summed E-state index contributed by atoms with van der Waals surface area (Å²) in [5, 5.41) is 4.95. The Morgan fingerprint density at radius 1 is 0.971 bits per heavy atom. The number of fused-ring (bicyclic) bond motifs is 2. The molecule has 0 fully saturated rings. The lowest BCUT2D eigenvalue weighted by Crippen LogP contribution is -2.34. The maximum atomic E-state index is 13.2. The average molecular weight is 469 g/mol. The first-order valence-corrected chi connectivity index (χ1v) is 11.7. The zero-order valence-corrected chi connectivity index (χ0v) is 18.9. The molecule has 168 valence electrons. The van der Waals surface area contributed by atoms with E-state index in [1.807, 2.05) is 41.8 Å². The number of hydrogen-bond acceptors (Lipinski definition) is 6. The first kappa shape index (κ1) is 21.7. The molecule has 7 heteroatoms. The fourth-order valence-electron chi connectivity index (χ4n) is 4.08. The Balaban J connectivity index is 1.39. The van der Waals surface area contributed by atoms with Crippen LogP contribution in [0.25, 0.3) is 22.6 Å². The van der Waals surface area contributed by atoms with Crippen molar-refractivity contribution < 1.29 is 19.1 Å². The van der Waals surface area contributed by atoms with Gasteiger partial charge in [-0.1, -0.05) is 42.5 Å². The minimum Gasteiger partial charge on any atom is -0.452 e. The number of ether oxygens (including phenoxy) is 1. The van der Waals surface area contributed by atoms with E-state index in [0.29, 0.717) is 28.5 Å². The van der Waals surface area contributed by atoms with Crippen molar-refractivity contribution in [2.45, 2.75) is 12.8 Å². The van der Waals surface area contributed by atoms with Gasteiger partial charge in [-0.05, 0) is 59.7 Å². The van der Waals surface area contributed by atoms with Gasteiger partial charge in [0.15, 0.2) is 6.61 Å². The number of carbonyl (C=O) groups excluding carboxylic acids is 3. The summed E-state index contributed by atoms with van der Waals surface area (Å²) < 4.78 is 5.35. The van der Waals surface area contributed by atoms with Gasteiger partial charge < -0.3 is 4.74 Å². The number of nitrogens with one attached hydrogen (secondary N) is 1. The predicted octanol–water partition coefficient (Wildman–Crippen LogP) is 4.90. The number of imide groups is 1. The Bertz CT molecular complexity index is 1430.